The zero-order valence-corrected chi connectivity index (χ0v) is 8.62. The van der Waals surface area contributed by atoms with E-state index in [-0.39, 0.29) is 0 Å². The lowest BCUT2D eigenvalue weighted by Gasteiger charge is -2.08. The first kappa shape index (κ1) is 8.60. The van der Waals surface area contributed by atoms with E-state index < -0.39 is 0 Å². The van der Waals surface area contributed by atoms with Crippen LogP contribution in [0.3, 0.4) is 0 Å². The summed E-state index contributed by atoms with van der Waals surface area (Å²) in [6.45, 7) is 6.16. The lowest BCUT2D eigenvalue weighted by atomic mass is 10.1. The molecule has 2 heteroatoms. The van der Waals surface area contributed by atoms with E-state index in [1.807, 2.05) is 13.8 Å². The van der Waals surface area contributed by atoms with Crippen molar-refractivity contribution in [2.45, 2.75) is 20.8 Å². The number of nitrogens with two attached hydrogens (primary N) is 1. The summed E-state index contributed by atoms with van der Waals surface area (Å²) >= 11 is 3.44. The molecule has 0 aliphatic heterocycles. The molecule has 0 unspecified atom stereocenters. The van der Waals surface area contributed by atoms with Crippen molar-refractivity contribution >= 4 is 21.6 Å². The number of halogens is 1. The Bertz CT molecular complexity index is 266. The Morgan fingerprint density at radius 2 is 1.73 bits per heavy atom. The minimum atomic E-state index is 0.863. The molecule has 0 aliphatic rings. The Morgan fingerprint density at radius 1 is 1.18 bits per heavy atom. The second kappa shape index (κ2) is 2.86. The summed E-state index contributed by atoms with van der Waals surface area (Å²) < 4.78 is 1.03. The summed E-state index contributed by atoms with van der Waals surface area (Å²) in [4.78, 5) is 0. The predicted octanol–water partition coefficient (Wildman–Crippen LogP) is 2.96. The Balaban J connectivity index is 3.46. The molecular weight excluding hydrogens is 202 g/mol. The van der Waals surface area contributed by atoms with Gasteiger partial charge in [-0.15, -0.1) is 0 Å². The van der Waals surface area contributed by atoms with Gasteiger partial charge in [-0.2, -0.15) is 0 Å². The highest BCUT2D eigenvalue weighted by Crippen LogP contribution is 2.28. The molecule has 1 nitrogen and oxygen atoms in total. The molecule has 0 spiro atoms. The van der Waals surface area contributed by atoms with Gasteiger partial charge in [0.25, 0.3) is 0 Å². The van der Waals surface area contributed by atoms with Gasteiger partial charge in [-0.05, 0) is 53.4 Å². The molecule has 11 heavy (non-hydrogen) atoms. The van der Waals surface area contributed by atoms with Gasteiger partial charge in [-0.3, -0.25) is 0 Å². The van der Waals surface area contributed by atoms with Crippen LogP contribution in [0.1, 0.15) is 16.7 Å². The average Bonchev–Trinajstić information content (AvgIpc) is 1.97. The van der Waals surface area contributed by atoms with Crippen LogP contribution in [-0.4, -0.2) is 0 Å². The molecule has 1 aromatic carbocycles. The van der Waals surface area contributed by atoms with E-state index in [1.54, 1.807) is 0 Å². The maximum Gasteiger partial charge on any atom is 0.0493 e. The van der Waals surface area contributed by atoms with Crippen LogP contribution in [0.25, 0.3) is 0 Å². The van der Waals surface area contributed by atoms with Gasteiger partial charge in [0.1, 0.15) is 0 Å². The van der Waals surface area contributed by atoms with Crippen molar-refractivity contribution < 1.29 is 0 Å². The van der Waals surface area contributed by atoms with Crippen LogP contribution < -0.4 is 5.73 Å². The summed E-state index contributed by atoms with van der Waals surface area (Å²) in [5, 5.41) is 0. The van der Waals surface area contributed by atoms with E-state index >= 15 is 0 Å². The summed E-state index contributed by atoms with van der Waals surface area (Å²) in [5.41, 5.74) is 10.3. The first-order valence-corrected chi connectivity index (χ1v) is 4.35. The van der Waals surface area contributed by atoms with Crippen molar-refractivity contribution in [2.75, 3.05) is 5.73 Å². The SMILES string of the molecule is Cc1cc(C)c(Br)c(N)c1C. The maximum absolute atomic E-state index is 5.84. The summed E-state index contributed by atoms with van der Waals surface area (Å²) in [6, 6.07) is 2.13. The van der Waals surface area contributed by atoms with Crippen LogP contribution in [0.5, 0.6) is 0 Å². The molecule has 0 atom stereocenters. The van der Waals surface area contributed by atoms with E-state index in [0.29, 0.717) is 0 Å². The lowest BCUT2D eigenvalue weighted by Crippen LogP contribution is -1.95. The third-order valence-corrected chi connectivity index (χ3v) is 3.06. The number of rotatable bonds is 0. The van der Waals surface area contributed by atoms with Crippen molar-refractivity contribution in [3.8, 4) is 0 Å². The number of anilines is 1. The highest BCUT2D eigenvalue weighted by atomic mass is 79.9. The van der Waals surface area contributed by atoms with Gasteiger partial charge in [0.2, 0.25) is 0 Å². The molecule has 0 aliphatic carbocycles. The van der Waals surface area contributed by atoms with Gasteiger partial charge in [-0.25, -0.2) is 0 Å². The molecule has 0 fully saturated rings. The first-order chi connectivity index (χ1) is 5.04. The van der Waals surface area contributed by atoms with Crippen LogP contribution in [0, 0.1) is 20.8 Å². The molecule has 2 N–H and O–H groups in total. The third-order valence-electron chi connectivity index (χ3n) is 2.01. The molecule has 0 heterocycles. The topological polar surface area (TPSA) is 26.0 Å². The quantitative estimate of drug-likeness (QED) is 0.660. The first-order valence-electron chi connectivity index (χ1n) is 3.56. The van der Waals surface area contributed by atoms with E-state index in [0.717, 1.165) is 10.2 Å². The molecule has 0 amide bonds. The van der Waals surface area contributed by atoms with Gasteiger partial charge in [0, 0.05) is 10.2 Å². The molecule has 0 saturated carbocycles. The summed E-state index contributed by atoms with van der Waals surface area (Å²) in [6.07, 6.45) is 0. The van der Waals surface area contributed by atoms with Crippen LogP contribution in [0.15, 0.2) is 10.5 Å². The maximum atomic E-state index is 5.84. The van der Waals surface area contributed by atoms with Crippen LogP contribution in [0.4, 0.5) is 5.69 Å². The van der Waals surface area contributed by atoms with Gasteiger partial charge in [0.15, 0.2) is 0 Å². The standard InChI is InChI=1S/C9H12BrN/c1-5-4-6(2)8(10)9(11)7(5)3/h4H,11H2,1-3H3. The fourth-order valence-electron chi connectivity index (χ4n) is 1.09. The highest BCUT2D eigenvalue weighted by Gasteiger charge is 2.04. The zero-order chi connectivity index (χ0) is 8.59. The van der Waals surface area contributed by atoms with E-state index in [9.17, 15) is 0 Å². The molecule has 0 radical (unpaired) electrons. The van der Waals surface area contributed by atoms with Crippen molar-refractivity contribution in [3.63, 3.8) is 0 Å². The Labute approximate surface area is 75.7 Å². The smallest absolute Gasteiger partial charge is 0.0493 e. The fourth-order valence-corrected chi connectivity index (χ4v) is 1.50. The Kier molecular flexibility index (Phi) is 2.23. The monoisotopic (exact) mass is 213 g/mol. The Hall–Kier alpha value is -0.500. The summed E-state index contributed by atoms with van der Waals surface area (Å²) in [5.74, 6) is 0. The van der Waals surface area contributed by atoms with Gasteiger partial charge in [-0.1, -0.05) is 6.07 Å². The minimum Gasteiger partial charge on any atom is -0.398 e. The molecule has 1 rings (SSSR count). The van der Waals surface area contributed by atoms with Crippen molar-refractivity contribution in [1.29, 1.82) is 0 Å². The number of hydrogen-bond donors (Lipinski definition) is 1. The number of aryl methyl sites for hydroxylation is 2. The molecule has 1 aromatic rings. The fraction of sp³-hybridized carbons (Fsp3) is 0.333. The third kappa shape index (κ3) is 1.41. The average molecular weight is 214 g/mol. The summed E-state index contributed by atoms with van der Waals surface area (Å²) in [7, 11) is 0. The molecule has 0 bridgehead atoms. The second-order valence-corrected chi connectivity index (χ2v) is 3.66. The van der Waals surface area contributed by atoms with E-state index in [4.69, 9.17) is 5.73 Å². The number of nitrogen functional groups attached to an aromatic ring is 1. The molecular formula is C9H12BrN. The largest absolute Gasteiger partial charge is 0.398 e. The van der Waals surface area contributed by atoms with Gasteiger partial charge in [0.05, 0.1) is 0 Å². The predicted molar refractivity (Wildman–Crippen MR) is 52.8 cm³/mol. The minimum absolute atomic E-state index is 0.863. The van der Waals surface area contributed by atoms with E-state index in [1.165, 1.54) is 16.7 Å². The number of benzene rings is 1. The molecule has 0 saturated heterocycles. The van der Waals surface area contributed by atoms with Gasteiger partial charge < -0.3 is 5.73 Å². The lowest BCUT2D eigenvalue weighted by molar-refractivity contribution is 1.29. The zero-order valence-electron chi connectivity index (χ0n) is 7.03. The van der Waals surface area contributed by atoms with Gasteiger partial charge >= 0.3 is 0 Å². The highest BCUT2D eigenvalue weighted by molar-refractivity contribution is 9.10. The van der Waals surface area contributed by atoms with Crippen molar-refractivity contribution in [2.24, 2.45) is 0 Å². The molecule has 0 aromatic heterocycles. The van der Waals surface area contributed by atoms with Crippen LogP contribution >= 0.6 is 15.9 Å². The van der Waals surface area contributed by atoms with Crippen molar-refractivity contribution in [1.82, 2.24) is 0 Å². The molecule has 60 valence electrons. The van der Waals surface area contributed by atoms with Crippen molar-refractivity contribution in [3.05, 3.63) is 27.2 Å². The Morgan fingerprint density at radius 3 is 2.27 bits per heavy atom. The van der Waals surface area contributed by atoms with Crippen LogP contribution in [-0.2, 0) is 0 Å². The van der Waals surface area contributed by atoms with E-state index in [2.05, 4.69) is 28.9 Å². The normalized spacial score (nSPS) is 10.2. The second-order valence-electron chi connectivity index (χ2n) is 2.86. The van der Waals surface area contributed by atoms with Crippen LogP contribution in [0.2, 0.25) is 0 Å². The number of hydrogen-bond acceptors (Lipinski definition) is 1.